The predicted octanol–water partition coefficient (Wildman–Crippen LogP) is 2.25. The first-order valence-corrected chi connectivity index (χ1v) is 6.55. The van der Waals surface area contributed by atoms with Crippen molar-refractivity contribution in [2.45, 2.75) is 39.2 Å². The van der Waals surface area contributed by atoms with E-state index >= 15 is 0 Å². The lowest BCUT2D eigenvalue weighted by Crippen LogP contribution is -2.40. The highest BCUT2D eigenvalue weighted by molar-refractivity contribution is 5.85. The topological polar surface area (TPSA) is 64.3 Å². The number of amides is 1. The molecule has 0 heterocycles. The third-order valence-electron chi connectivity index (χ3n) is 2.85. The Bertz CT molecular complexity index is 413. The van der Waals surface area contributed by atoms with Gasteiger partial charge in [-0.2, -0.15) is 0 Å². The number of nitrogens with one attached hydrogen (secondary N) is 1. The Morgan fingerprint density at radius 1 is 1.30 bits per heavy atom. The molecule has 0 aliphatic rings. The number of benzene rings is 1. The van der Waals surface area contributed by atoms with Crippen LogP contribution in [-0.4, -0.2) is 25.1 Å². The number of carbonyl (C=O) groups excluding carboxylic acids is 1. The fraction of sp³-hybridized carbons (Fsp3) is 0.533. The van der Waals surface area contributed by atoms with Crippen molar-refractivity contribution in [2.75, 3.05) is 13.2 Å². The van der Waals surface area contributed by atoms with Gasteiger partial charge >= 0.3 is 0 Å². The van der Waals surface area contributed by atoms with Crippen LogP contribution >= 0.6 is 12.4 Å². The second-order valence-electron chi connectivity index (χ2n) is 5.77. The normalized spacial score (nSPS) is 12.2. The molecule has 114 valence electrons. The molecule has 20 heavy (non-hydrogen) atoms. The van der Waals surface area contributed by atoms with Gasteiger partial charge in [0.2, 0.25) is 0 Å². The highest BCUT2D eigenvalue weighted by atomic mass is 35.5. The van der Waals surface area contributed by atoms with Crippen molar-refractivity contribution < 1.29 is 9.53 Å². The van der Waals surface area contributed by atoms with Gasteiger partial charge in [0, 0.05) is 12.6 Å². The van der Waals surface area contributed by atoms with Gasteiger partial charge in [-0.1, -0.05) is 32.9 Å². The van der Waals surface area contributed by atoms with Crippen LogP contribution in [0.5, 0.6) is 5.75 Å². The van der Waals surface area contributed by atoms with Gasteiger partial charge < -0.3 is 15.8 Å². The van der Waals surface area contributed by atoms with Crippen LogP contribution in [0.1, 0.15) is 33.3 Å². The fourth-order valence-corrected chi connectivity index (χ4v) is 1.58. The molecule has 0 aromatic heterocycles. The van der Waals surface area contributed by atoms with E-state index in [1.165, 1.54) is 5.56 Å². The summed E-state index contributed by atoms with van der Waals surface area (Å²) in [5.74, 6) is 0.543. The minimum atomic E-state index is -0.155. The van der Waals surface area contributed by atoms with E-state index in [2.05, 4.69) is 26.1 Å². The van der Waals surface area contributed by atoms with Crippen LogP contribution in [-0.2, 0) is 10.2 Å². The summed E-state index contributed by atoms with van der Waals surface area (Å²) in [4.78, 5) is 11.5. The van der Waals surface area contributed by atoms with E-state index in [1.807, 2.05) is 31.2 Å². The molecule has 0 aliphatic carbocycles. The predicted molar refractivity (Wildman–Crippen MR) is 84.5 cm³/mol. The zero-order valence-electron chi connectivity index (χ0n) is 12.6. The number of ether oxygens (including phenoxy) is 1. The van der Waals surface area contributed by atoms with Gasteiger partial charge in [0.15, 0.2) is 6.61 Å². The summed E-state index contributed by atoms with van der Waals surface area (Å²) in [6.45, 7) is 8.76. The first-order chi connectivity index (χ1) is 8.82. The number of nitrogens with two attached hydrogens (primary N) is 1. The van der Waals surface area contributed by atoms with Crippen molar-refractivity contribution in [1.29, 1.82) is 0 Å². The van der Waals surface area contributed by atoms with E-state index in [0.29, 0.717) is 12.3 Å². The molecule has 0 radical (unpaired) electrons. The van der Waals surface area contributed by atoms with E-state index < -0.39 is 0 Å². The van der Waals surface area contributed by atoms with Crippen LogP contribution in [0, 0.1) is 0 Å². The smallest absolute Gasteiger partial charge is 0.258 e. The largest absolute Gasteiger partial charge is 0.484 e. The standard InChI is InChI=1S/C15H24N2O2.ClH/c1-11(9-16)17-14(18)10-19-13-7-5-12(6-8-13)15(2,3)4;/h5-8,11H,9-10,16H2,1-4H3,(H,17,18);1H/t11-;/m0./s1. The first kappa shape index (κ1) is 18.7. The maximum Gasteiger partial charge on any atom is 0.258 e. The number of hydrogen-bond donors (Lipinski definition) is 2. The molecule has 4 nitrogen and oxygen atoms in total. The molecule has 0 saturated carbocycles. The molecule has 1 rings (SSSR count). The van der Waals surface area contributed by atoms with Gasteiger partial charge in [-0.3, -0.25) is 4.79 Å². The molecule has 3 N–H and O–H groups in total. The Labute approximate surface area is 127 Å². The second-order valence-corrected chi connectivity index (χ2v) is 5.77. The Morgan fingerprint density at radius 3 is 2.30 bits per heavy atom. The van der Waals surface area contributed by atoms with Gasteiger partial charge in [-0.25, -0.2) is 0 Å². The van der Waals surface area contributed by atoms with Gasteiger partial charge in [0.1, 0.15) is 5.75 Å². The van der Waals surface area contributed by atoms with Crippen LogP contribution in [0.25, 0.3) is 0 Å². The van der Waals surface area contributed by atoms with E-state index in [9.17, 15) is 4.79 Å². The van der Waals surface area contributed by atoms with Gasteiger partial charge in [-0.15, -0.1) is 12.4 Å². The Hall–Kier alpha value is -1.26. The molecule has 1 aromatic rings. The number of hydrogen-bond acceptors (Lipinski definition) is 3. The van der Waals surface area contributed by atoms with Crippen molar-refractivity contribution in [3.05, 3.63) is 29.8 Å². The summed E-state index contributed by atoms with van der Waals surface area (Å²) in [5, 5.41) is 2.75. The molecule has 0 spiro atoms. The van der Waals surface area contributed by atoms with Crippen molar-refractivity contribution >= 4 is 18.3 Å². The zero-order chi connectivity index (χ0) is 14.5. The van der Waals surface area contributed by atoms with Crippen molar-refractivity contribution in [3.63, 3.8) is 0 Å². The minimum Gasteiger partial charge on any atom is -0.484 e. The summed E-state index contributed by atoms with van der Waals surface area (Å²) >= 11 is 0. The van der Waals surface area contributed by atoms with Crippen LogP contribution in [0.2, 0.25) is 0 Å². The summed E-state index contributed by atoms with van der Waals surface area (Å²) in [7, 11) is 0. The van der Waals surface area contributed by atoms with E-state index in [4.69, 9.17) is 10.5 Å². The van der Waals surface area contributed by atoms with E-state index in [1.54, 1.807) is 0 Å². The lowest BCUT2D eigenvalue weighted by atomic mass is 9.87. The molecular weight excluding hydrogens is 276 g/mol. The minimum absolute atomic E-state index is 0. The molecule has 1 amide bonds. The Kier molecular flexibility index (Phi) is 7.61. The number of rotatable bonds is 5. The molecule has 0 saturated heterocycles. The van der Waals surface area contributed by atoms with Gasteiger partial charge in [-0.05, 0) is 30.0 Å². The molecular formula is C15H25ClN2O2. The maximum absolute atomic E-state index is 11.5. The maximum atomic E-state index is 11.5. The molecule has 0 aliphatic heterocycles. The highest BCUT2D eigenvalue weighted by Crippen LogP contribution is 2.24. The first-order valence-electron chi connectivity index (χ1n) is 6.55. The lowest BCUT2D eigenvalue weighted by Gasteiger charge is -2.19. The summed E-state index contributed by atoms with van der Waals surface area (Å²) in [6.07, 6.45) is 0. The summed E-state index contributed by atoms with van der Waals surface area (Å²) < 4.78 is 5.43. The second kappa shape index (κ2) is 8.12. The summed E-state index contributed by atoms with van der Waals surface area (Å²) in [6, 6.07) is 7.80. The summed E-state index contributed by atoms with van der Waals surface area (Å²) in [5.41, 5.74) is 6.78. The van der Waals surface area contributed by atoms with Gasteiger partial charge in [0.05, 0.1) is 0 Å². The molecule has 0 unspecified atom stereocenters. The average Bonchev–Trinajstić information content (AvgIpc) is 2.35. The Morgan fingerprint density at radius 2 is 1.85 bits per heavy atom. The lowest BCUT2D eigenvalue weighted by molar-refractivity contribution is -0.123. The molecule has 0 fully saturated rings. The number of carbonyl (C=O) groups is 1. The monoisotopic (exact) mass is 300 g/mol. The van der Waals surface area contributed by atoms with Crippen molar-refractivity contribution in [1.82, 2.24) is 5.32 Å². The highest BCUT2D eigenvalue weighted by Gasteiger charge is 2.13. The van der Waals surface area contributed by atoms with Gasteiger partial charge in [0.25, 0.3) is 5.91 Å². The SMILES string of the molecule is C[C@@H](CN)NC(=O)COc1ccc(C(C)(C)C)cc1.Cl. The van der Waals surface area contributed by atoms with Crippen molar-refractivity contribution in [3.8, 4) is 5.75 Å². The fourth-order valence-electron chi connectivity index (χ4n) is 1.58. The molecule has 5 heteroatoms. The van der Waals surface area contributed by atoms with Crippen LogP contribution < -0.4 is 15.8 Å². The molecule has 0 bridgehead atoms. The van der Waals surface area contributed by atoms with Crippen molar-refractivity contribution in [2.24, 2.45) is 5.73 Å². The van der Waals surface area contributed by atoms with Crippen LogP contribution in [0.4, 0.5) is 0 Å². The molecule has 1 atom stereocenters. The molecule has 1 aromatic carbocycles. The van der Waals surface area contributed by atoms with E-state index in [-0.39, 0.29) is 36.4 Å². The zero-order valence-corrected chi connectivity index (χ0v) is 13.4. The van der Waals surface area contributed by atoms with Crippen LogP contribution in [0.15, 0.2) is 24.3 Å². The van der Waals surface area contributed by atoms with Crippen LogP contribution in [0.3, 0.4) is 0 Å². The third-order valence-corrected chi connectivity index (χ3v) is 2.85. The average molecular weight is 301 g/mol. The van der Waals surface area contributed by atoms with E-state index in [0.717, 1.165) is 0 Å². The number of halogens is 1. The third kappa shape index (κ3) is 6.26. The Balaban J connectivity index is 0.00000361. The quantitative estimate of drug-likeness (QED) is 0.876.